The van der Waals surface area contributed by atoms with Gasteiger partial charge in [-0.1, -0.05) is 19.1 Å². The molecule has 4 atom stereocenters. The number of benzene rings is 1. The molecule has 0 saturated heterocycles. The summed E-state index contributed by atoms with van der Waals surface area (Å²) < 4.78 is 11.7. The molecule has 2 nitrogen and oxygen atoms in total. The molecule has 3 aliphatic rings. The van der Waals surface area contributed by atoms with Crippen LogP contribution in [0.15, 0.2) is 18.2 Å². The summed E-state index contributed by atoms with van der Waals surface area (Å²) in [5.41, 5.74) is 1.91. The molecule has 0 radical (unpaired) electrons. The molecule has 96 valence electrons. The zero-order valence-electron chi connectivity index (χ0n) is 11.1. The molecule has 1 heterocycles. The van der Waals surface area contributed by atoms with Crippen LogP contribution in [0.3, 0.4) is 0 Å². The van der Waals surface area contributed by atoms with Gasteiger partial charge >= 0.3 is 0 Å². The molecule has 2 aliphatic carbocycles. The molecule has 1 aromatic rings. The lowest BCUT2D eigenvalue weighted by molar-refractivity contribution is 0.117. The Morgan fingerprint density at radius 1 is 1.44 bits per heavy atom. The van der Waals surface area contributed by atoms with Crippen LogP contribution < -0.4 is 9.47 Å². The molecule has 2 fully saturated rings. The van der Waals surface area contributed by atoms with Crippen molar-refractivity contribution in [3.8, 4) is 11.5 Å². The predicted molar refractivity (Wildman–Crippen MR) is 70.2 cm³/mol. The summed E-state index contributed by atoms with van der Waals surface area (Å²) >= 11 is 0. The first kappa shape index (κ1) is 10.7. The number of para-hydroxylation sites is 1. The van der Waals surface area contributed by atoms with Gasteiger partial charge < -0.3 is 9.47 Å². The average Bonchev–Trinajstić information content (AvgIpc) is 3.07. The highest BCUT2D eigenvalue weighted by molar-refractivity contribution is 5.53. The fourth-order valence-corrected chi connectivity index (χ4v) is 4.80. The SMILES string of the molecule is CCC12CCC(C1)C1Oc3c(OC)cccc3C12. The van der Waals surface area contributed by atoms with Crippen LogP contribution in [0, 0.1) is 11.3 Å². The van der Waals surface area contributed by atoms with E-state index in [0.717, 1.165) is 17.4 Å². The van der Waals surface area contributed by atoms with Gasteiger partial charge in [-0.25, -0.2) is 0 Å². The van der Waals surface area contributed by atoms with Gasteiger partial charge in [0.2, 0.25) is 0 Å². The van der Waals surface area contributed by atoms with E-state index in [0.29, 0.717) is 17.4 Å². The quantitative estimate of drug-likeness (QED) is 0.788. The summed E-state index contributed by atoms with van der Waals surface area (Å²) in [6.07, 6.45) is 5.81. The number of rotatable bonds is 2. The van der Waals surface area contributed by atoms with Gasteiger partial charge in [-0.05, 0) is 43.1 Å². The lowest BCUT2D eigenvalue weighted by Gasteiger charge is -2.34. The van der Waals surface area contributed by atoms with Gasteiger partial charge in [-0.3, -0.25) is 0 Å². The van der Waals surface area contributed by atoms with E-state index in [-0.39, 0.29) is 0 Å². The van der Waals surface area contributed by atoms with Crippen LogP contribution in [0.25, 0.3) is 0 Å². The Morgan fingerprint density at radius 3 is 3.11 bits per heavy atom. The second-order valence-corrected chi connectivity index (χ2v) is 6.16. The maximum atomic E-state index is 6.29. The molecule has 0 spiro atoms. The van der Waals surface area contributed by atoms with Gasteiger partial charge in [-0.2, -0.15) is 0 Å². The van der Waals surface area contributed by atoms with Crippen molar-refractivity contribution in [2.75, 3.05) is 7.11 Å². The van der Waals surface area contributed by atoms with Crippen molar-refractivity contribution in [1.82, 2.24) is 0 Å². The van der Waals surface area contributed by atoms with Gasteiger partial charge in [0.1, 0.15) is 6.10 Å². The monoisotopic (exact) mass is 244 g/mol. The molecular weight excluding hydrogens is 224 g/mol. The number of ether oxygens (including phenoxy) is 2. The van der Waals surface area contributed by atoms with Crippen molar-refractivity contribution < 1.29 is 9.47 Å². The molecule has 4 unspecified atom stereocenters. The second kappa shape index (κ2) is 3.43. The van der Waals surface area contributed by atoms with Gasteiger partial charge in [0, 0.05) is 11.5 Å². The lowest BCUT2D eigenvalue weighted by atomic mass is 9.70. The third kappa shape index (κ3) is 1.10. The summed E-state index contributed by atoms with van der Waals surface area (Å²) in [5, 5.41) is 0. The first-order chi connectivity index (χ1) is 8.79. The van der Waals surface area contributed by atoms with E-state index >= 15 is 0 Å². The minimum absolute atomic E-state index is 0.421. The average molecular weight is 244 g/mol. The molecule has 4 rings (SSSR count). The zero-order chi connectivity index (χ0) is 12.3. The highest BCUT2D eigenvalue weighted by Crippen LogP contribution is 2.68. The predicted octanol–water partition coefficient (Wildman–Crippen LogP) is 3.75. The molecule has 1 aliphatic heterocycles. The van der Waals surface area contributed by atoms with Crippen LogP contribution in [0.2, 0.25) is 0 Å². The summed E-state index contributed by atoms with van der Waals surface area (Å²) in [6.45, 7) is 2.35. The Bertz CT molecular complexity index is 496. The number of fused-ring (bicyclic) bond motifs is 7. The van der Waals surface area contributed by atoms with E-state index in [1.807, 2.05) is 6.07 Å². The number of hydrogen-bond acceptors (Lipinski definition) is 2. The Labute approximate surface area is 108 Å². The van der Waals surface area contributed by atoms with Crippen LogP contribution in [-0.2, 0) is 0 Å². The van der Waals surface area contributed by atoms with Crippen molar-refractivity contribution in [3.63, 3.8) is 0 Å². The minimum atomic E-state index is 0.421. The van der Waals surface area contributed by atoms with Gasteiger partial charge in [0.05, 0.1) is 7.11 Å². The highest BCUT2D eigenvalue weighted by atomic mass is 16.5. The first-order valence-corrected chi connectivity index (χ1v) is 7.12. The zero-order valence-corrected chi connectivity index (χ0v) is 11.1. The first-order valence-electron chi connectivity index (χ1n) is 7.12. The molecule has 0 aromatic heterocycles. The molecule has 2 bridgehead atoms. The van der Waals surface area contributed by atoms with Gasteiger partial charge in [0.15, 0.2) is 11.5 Å². The van der Waals surface area contributed by atoms with Crippen molar-refractivity contribution in [2.45, 2.75) is 44.6 Å². The van der Waals surface area contributed by atoms with E-state index in [1.165, 1.54) is 31.2 Å². The summed E-state index contributed by atoms with van der Waals surface area (Å²) in [4.78, 5) is 0. The normalized spacial score (nSPS) is 39.3. The molecule has 1 aromatic carbocycles. The highest BCUT2D eigenvalue weighted by Gasteiger charge is 2.61. The van der Waals surface area contributed by atoms with E-state index in [9.17, 15) is 0 Å². The van der Waals surface area contributed by atoms with Crippen LogP contribution in [0.4, 0.5) is 0 Å². The summed E-state index contributed by atoms with van der Waals surface area (Å²) in [7, 11) is 1.73. The topological polar surface area (TPSA) is 18.5 Å². The largest absolute Gasteiger partial charge is 0.493 e. The smallest absolute Gasteiger partial charge is 0.165 e. The number of hydrogen-bond donors (Lipinski definition) is 0. The van der Waals surface area contributed by atoms with Crippen molar-refractivity contribution in [3.05, 3.63) is 23.8 Å². The summed E-state index contributed by atoms with van der Waals surface area (Å²) in [6, 6.07) is 6.37. The molecule has 2 heteroatoms. The van der Waals surface area contributed by atoms with E-state index in [1.54, 1.807) is 7.11 Å². The maximum Gasteiger partial charge on any atom is 0.165 e. The van der Waals surface area contributed by atoms with Crippen LogP contribution in [0.1, 0.15) is 44.1 Å². The van der Waals surface area contributed by atoms with Crippen LogP contribution in [0.5, 0.6) is 11.5 Å². The fraction of sp³-hybridized carbons (Fsp3) is 0.625. The molecule has 2 saturated carbocycles. The summed E-state index contributed by atoms with van der Waals surface area (Å²) in [5.74, 6) is 3.32. The van der Waals surface area contributed by atoms with E-state index in [2.05, 4.69) is 19.1 Å². The molecule has 0 amide bonds. The molecule has 18 heavy (non-hydrogen) atoms. The second-order valence-electron chi connectivity index (χ2n) is 6.16. The Balaban J connectivity index is 1.85. The number of methoxy groups -OCH3 is 1. The van der Waals surface area contributed by atoms with Gasteiger partial charge in [0.25, 0.3) is 0 Å². The Hall–Kier alpha value is -1.18. The third-order valence-electron chi connectivity index (χ3n) is 5.66. The third-order valence-corrected chi connectivity index (χ3v) is 5.66. The van der Waals surface area contributed by atoms with Crippen LogP contribution >= 0.6 is 0 Å². The van der Waals surface area contributed by atoms with Crippen molar-refractivity contribution in [2.24, 2.45) is 11.3 Å². The Morgan fingerprint density at radius 2 is 2.33 bits per heavy atom. The molecular formula is C16H20O2. The Kier molecular flexibility index (Phi) is 2.04. The molecule has 0 N–H and O–H groups in total. The van der Waals surface area contributed by atoms with Crippen molar-refractivity contribution >= 4 is 0 Å². The van der Waals surface area contributed by atoms with Crippen molar-refractivity contribution in [1.29, 1.82) is 0 Å². The lowest BCUT2D eigenvalue weighted by Crippen LogP contribution is -2.31. The standard InChI is InChI=1S/C16H20O2/c1-3-16-8-7-10(9-16)14-13(16)11-5-4-6-12(17-2)15(11)18-14/h4-6,10,13-14H,3,7-9H2,1-2H3. The minimum Gasteiger partial charge on any atom is -0.493 e. The maximum absolute atomic E-state index is 6.29. The van der Waals surface area contributed by atoms with E-state index < -0.39 is 0 Å². The van der Waals surface area contributed by atoms with Gasteiger partial charge in [-0.15, -0.1) is 0 Å². The van der Waals surface area contributed by atoms with Crippen LogP contribution in [-0.4, -0.2) is 13.2 Å². The fourth-order valence-electron chi connectivity index (χ4n) is 4.80. The van der Waals surface area contributed by atoms with E-state index in [4.69, 9.17) is 9.47 Å².